The Hall–Kier alpha value is -1.84. The molecule has 2 rings (SSSR count). The van der Waals surface area contributed by atoms with Gasteiger partial charge in [-0.1, -0.05) is 32.4 Å². The van der Waals surface area contributed by atoms with Crippen molar-refractivity contribution in [1.82, 2.24) is 0 Å². The number of carboxylic acids is 1. The molecule has 0 heterocycles. The van der Waals surface area contributed by atoms with Gasteiger partial charge in [0.25, 0.3) is 0 Å². The molecule has 1 aliphatic rings. The summed E-state index contributed by atoms with van der Waals surface area (Å²) in [5, 5.41) is 12.0. The van der Waals surface area contributed by atoms with Gasteiger partial charge >= 0.3 is 5.97 Å². The molecule has 0 unspecified atom stereocenters. The van der Waals surface area contributed by atoms with Crippen LogP contribution in [0.2, 0.25) is 0 Å². The molecule has 4 nitrogen and oxygen atoms in total. The predicted molar refractivity (Wildman–Crippen MR) is 77.7 cm³/mol. The fraction of sp³-hybridized carbons (Fsp3) is 0.500. The van der Waals surface area contributed by atoms with E-state index < -0.39 is 11.4 Å². The van der Waals surface area contributed by atoms with E-state index in [1.165, 1.54) is 0 Å². The molecule has 1 fully saturated rings. The number of hydrogen-bond acceptors (Lipinski definition) is 2. The monoisotopic (exact) mass is 275 g/mol. The maximum atomic E-state index is 12.0. The standard InChI is InChI=1S/C16H21NO3/c1-11(2)12-5-3-6-13(9-12)17-14(18)10-16(15(19)20)7-4-8-16/h3,5-6,9,11H,4,7-8,10H2,1-2H3,(H,17,18)(H,19,20). The molecular formula is C16H21NO3. The van der Waals surface area contributed by atoms with E-state index >= 15 is 0 Å². The van der Waals surface area contributed by atoms with Crippen LogP contribution in [0, 0.1) is 5.41 Å². The number of carbonyl (C=O) groups excluding carboxylic acids is 1. The summed E-state index contributed by atoms with van der Waals surface area (Å²) in [5.41, 5.74) is 1.06. The van der Waals surface area contributed by atoms with Gasteiger partial charge in [0.15, 0.2) is 0 Å². The van der Waals surface area contributed by atoms with Crippen LogP contribution in [-0.2, 0) is 9.59 Å². The molecule has 1 amide bonds. The maximum absolute atomic E-state index is 12.0. The molecule has 0 aromatic heterocycles. The van der Waals surface area contributed by atoms with Crippen molar-refractivity contribution in [3.8, 4) is 0 Å². The summed E-state index contributed by atoms with van der Waals surface area (Å²) < 4.78 is 0. The van der Waals surface area contributed by atoms with Gasteiger partial charge in [0.2, 0.25) is 5.91 Å². The van der Waals surface area contributed by atoms with Gasteiger partial charge in [-0.2, -0.15) is 0 Å². The number of carbonyl (C=O) groups is 2. The van der Waals surface area contributed by atoms with Gasteiger partial charge in [0.1, 0.15) is 0 Å². The van der Waals surface area contributed by atoms with Crippen molar-refractivity contribution in [3.63, 3.8) is 0 Å². The fourth-order valence-electron chi connectivity index (χ4n) is 2.56. The number of aliphatic carboxylic acids is 1. The molecule has 0 atom stereocenters. The van der Waals surface area contributed by atoms with Crippen LogP contribution in [0.25, 0.3) is 0 Å². The third kappa shape index (κ3) is 3.00. The lowest BCUT2D eigenvalue weighted by Crippen LogP contribution is -2.41. The van der Waals surface area contributed by atoms with E-state index in [9.17, 15) is 14.7 Å². The number of carboxylic acid groups (broad SMARTS) is 1. The Morgan fingerprint density at radius 2 is 2.05 bits per heavy atom. The molecule has 1 aromatic carbocycles. The van der Waals surface area contributed by atoms with Crippen molar-refractivity contribution in [3.05, 3.63) is 29.8 Å². The van der Waals surface area contributed by atoms with Crippen LogP contribution in [0.3, 0.4) is 0 Å². The molecule has 108 valence electrons. The molecule has 0 aliphatic heterocycles. The Labute approximate surface area is 119 Å². The number of nitrogens with one attached hydrogen (secondary N) is 1. The molecule has 0 bridgehead atoms. The SMILES string of the molecule is CC(C)c1cccc(NC(=O)CC2(C(=O)O)CCC2)c1. The van der Waals surface area contributed by atoms with Crippen molar-refractivity contribution in [1.29, 1.82) is 0 Å². The van der Waals surface area contributed by atoms with Gasteiger partial charge in [0.05, 0.1) is 5.41 Å². The Bertz CT molecular complexity index is 518. The number of amides is 1. The molecule has 0 radical (unpaired) electrons. The number of benzene rings is 1. The lowest BCUT2D eigenvalue weighted by Gasteiger charge is -2.36. The van der Waals surface area contributed by atoms with Crippen molar-refractivity contribution in [2.45, 2.75) is 45.4 Å². The molecule has 1 aromatic rings. The van der Waals surface area contributed by atoms with Crippen LogP contribution < -0.4 is 5.32 Å². The molecule has 0 spiro atoms. The zero-order chi connectivity index (χ0) is 14.8. The zero-order valence-electron chi connectivity index (χ0n) is 12.0. The molecule has 2 N–H and O–H groups in total. The minimum Gasteiger partial charge on any atom is -0.481 e. The van der Waals surface area contributed by atoms with Gasteiger partial charge in [0, 0.05) is 12.1 Å². The Balaban J connectivity index is 2.01. The Morgan fingerprint density at radius 1 is 1.35 bits per heavy atom. The first-order chi connectivity index (χ1) is 9.43. The average molecular weight is 275 g/mol. The zero-order valence-corrected chi connectivity index (χ0v) is 12.0. The van der Waals surface area contributed by atoms with E-state index in [2.05, 4.69) is 19.2 Å². The van der Waals surface area contributed by atoms with E-state index in [1.807, 2.05) is 24.3 Å². The summed E-state index contributed by atoms with van der Waals surface area (Å²) in [6.07, 6.45) is 2.15. The van der Waals surface area contributed by atoms with Crippen molar-refractivity contribution in [2.75, 3.05) is 5.32 Å². The topological polar surface area (TPSA) is 66.4 Å². The van der Waals surface area contributed by atoms with E-state index in [1.54, 1.807) is 0 Å². The quantitative estimate of drug-likeness (QED) is 0.865. The lowest BCUT2D eigenvalue weighted by atomic mass is 9.66. The summed E-state index contributed by atoms with van der Waals surface area (Å²) in [6.45, 7) is 4.18. The maximum Gasteiger partial charge on any atom is 0.310 e. The second-order valence-corrected chi connectivity index (χ2v) is 5.94. The highest BCUT2D eigenvalue weighted by molar-refractivity contribution is 5.94. The lowest BCUT2D eigenvalue weighted by molar-refractivity contribution is -0.157. The van der Waals surface area contributed by atoms with Crippen LogP contribution in [0.1, 0.15) is 51.0 Å². The minimum absolute atomic E-state index is 0.0637. The highest BCUT2D eigenvalue weighted by Crippen LogP contribution is 2.44. The summed E-state index contributed by atoms with van der Waals surface area (Å²) in [4.78, 5) is 23.3. The van der Waals surface area contributed by atoms with Crippen molar-refractivity contribution < 1.29 is 14.7 Å². The van der Waals surface area contributed by atoms with Gasteiger partial charge in [-0.25, -0.2) is 0 Å². The van der Waals surface area contributed by atoms with E-state index in [0.717, 1.165) is 17.7 Å². The van der Waals surface area contributed by atoms with Gasteiger partial charge in [-0.05, 0) is 36.5 Å². The first kappa shape index (κ1) is 14.6. The van der Waals surface area contributed by atoms with Crippen LogP contribution in [0.5, 0.6) is 0 Å². The normalized spacial score (nSPS) is 16.6. The molecule has 0 saturated heterocycles. The number of rotatable bonds is 5. The average Bonchev–Trinajstić information content (AvgIpc) is 2.33. The molecule has 1 aliphatic carbocycles. The van der Waals surface area contributed by atoms with Crippen molar-refractivity contribution >= 4 is 17.6 Å². The minimum atomic E-state index is -0.852. The van der Waals surface area contributed by atoms with E-state index in [-0.39, 0.29) is 12.3 Å². The van der Waals surface area contributed by atoms with Crippen LogP contribution in [0.4, 0.5) is 5.69 Å². The number of anilines is 1. The third-order valence-electron chi connectivity index (χ3n) is 4.10. The van der Waals surface area contributed by atoms with Crippen LogP contribution in [0.15, 0.2) is 24.3 Å². The first-order valence-corrected chi connectivity index (χ1v) is 7.06. The largest absolute Gasteiger partial charge is 0.481 e. The smallest absolute Gasteiger partial charge is 0.310 e. The third-order valence-corrected chi connectivity index (χ3v) is 4.10. The summed E-state index contributed by atoms with van der Waals surface area (Å²) >= 11 is 0. The van der Waals surface area contributed by atoms with Gasteiger partial charge in [-0.15, -0.1) is 0 Å². The van der Waals surface area contributed by atoms with Crippen LogP contribution >= 0.6 is 0 Å². The van der Waals surface area contributed by atoms with Gasteiger partial charge < -0.3 is 10.4 Å². The summed E-state index contributed by atoms with van der Waals surface area (Å²) in [6, 6.07) is 7.70. The van der Waals surface area contributed by atoms with E-state index in [4.69, 9.17) is 0 Å². The number of hydrogen-bond donors (Lipinski definition) is 2. The Kier molecular flexibility index (Phi) is 4.12. The Morgan fingerprint density at radius 3 is 2.55 bits per heavy atom. The molecule has 20 heavy (non-hydrogen) atoms. The van der Waals surface area contributed by atoms with Gasteiger partial charge in [-0.3, -0.25) is 9.59 Å². The molecule has 4 heteroatoms. The van der Waals surface area contributed by atoms with E-state index in [0.29, 0.717) is 18.8 Å². The highest BCUT2D eigenvalue weighted by atomic mass is 16.4. The second kappa shape index (κ2) is 5.65. The fourth-order valence-corrected chi connectivity index (χ4v) is 2.56. The molecular weight excluding hydrogens is 254 g/mol. The molecule has 1 saturated carbocycles. The predicted octanol–water partition coefficient (Wildman–Crippen LogP) is 3.39. The van der Waals surface area contributed by atoms with Crippen LogP contribution in [-0.4, -0.2) is 17.0 Å². The highest BCUT2D eigenvalue weighted by Gasteiger charge is 2.45. The summed E-state index contributed by atoms with van der Waals surface area (Å²) in [7, 11) is 0. The first-order valence-electron chi connectivity index (χ1n) is 7.06. The summed E-state index contributed by atoms with van der Waals surface area (Å²) in [5.74, 6) is -0.674. The van der Waals surface area contributed by atoms with Crippen molar-refractivity contribution in [2.24, 2.45) is 5.41 Å². The second-order valence-electron chi connectivity index (χ2n) is 5.94.